The van der Waals surface area contributed by atoms with Crippen molar-refractivity contribution in [2.75, 3.05) is 5.43 Å². The van der Waals surface area contributed by atoms with Crippen LogP contribution >= 0.6 is 0 Å². The lowest BCUT2D eigenvalue weighted by atomic mass is 10.1. The van der Waals surface area contributed by atoms with Gasteiger partial charge in [0.05, 0.1) is 0 Å². The number of hydrazine groups is 1. The number of nitrogens with zero attached hydrogens (tertiary/aromatic N) is 2. The van der Waals surface area contributed by atoms with E-state index in [1.807, 2.05) is 13.8 Å². The number of hydrogen-bond acceptors (Lipinski definition) is 4. The molecule has 6 heteroatoms. The van der Waals surface area contributed by atoms with Gasteiger partial charge in [0.15, 0.2) is 17.5 Å². The van der Waals surface area contributed by atoms with Crippen LogP contribution in [0.4, 0.5) is 14.6 Å². The summed E-state index contributed by atoms with van der Waals surface area (Å²) in [7, 11) is 0. The minimum atomic E-state index is -0.932. The molecule has 0 amide bonds. The number of aromatic nitrogens is 2. The predicted octanol–water partition coefficient (Wildman–Crippen LogP) is 2.83. The number of anilines is 1. The van der Waals surface area contributed by atoms with Crippen molar-refractivity contribution in [3.05, 3.63) is 41.6 Å². The van der Waals surface area contributed by atoms with Gasteiger partial charge in [0.2, 0.25) is 0 Å². The first-order chi connectivity index (χ1) is 9.01. The van der Waals surface area contributed by atoms with Gasteiger partial charge in [-0.25, -0.2) is 24.6 Å². The summed E-state index contributed by atoms with van der Waals surface area (Å²) in [5.74, 6) is 4.41. The highest BCUT2D eigenvalue weighted by atomic mass is 19.2. The van der Waals surface area contributed by atoms with Gasteiger partial charge in [-0.15, -0.1) is 0 Å². The first-order valence-corrected chi connectivity index (χ1v) is 5.82. The summed E-state index contributed by atoms with van der Waals surface area (Å²) in [6.45, 7) is 3.94. The number of halogens is 2. The third kappa shape index (κ3) is 2.85. The molecular weight excluding hydrogens is 250 g/mol. The fraction of sp³-hybridized carbons (Fsp3) is 0.231. The van der Waals surface area contributed by atoms with Crippen molar-refractivity contribution in [3.8, 4) is 11.4 Å². The van der Waals surface area contributed by atoms with Gasteiger partial charge in [-0.3, -0.25) is 0 Å². The van der Waals surface area contributed by atoms with Gasteiger partial charge >= 0.3 is 0 Å². The zero-order valence-corrected chi connectivity index (χ0v) is 10.6. The van der Waals surface area contributed by atoms with E-state index < -0.39 is 11.6 Å². The van der Waals surface area contributed by atoms with Gasteiger partial charge in [-0.05, 0) is 24.1 Å². The number of nitrogen functional groups attached to an aromatic ring is 1. The van der Waals surface area contributed by atoms with Crippen molar-refractivity contribution in [2.45, 2.75) is 19.8 Å². The van der Waals surface area contributed by atoms with Gasteiger partial charge in [-0.1, -0.05) is 13.8 Å². The molecule has 0 aliphatic carbocycles. The Kier molecular flexibility index (Phi) is 3.71. The smallest absolute Gasteiger partial charge is 0.161 e. The van der Waals surface area contributed by atoms with Gasteiger partial charge in [-0.2, -0.15) is 0 Å². The molecule has 100 valence electrons. The van der Waals surface area contributed by atoms with E-state index in [0.29, 0.717) is 17.2 Å². The fourth-order valence-corrected chi connectivity index (χ4v) is 1.60. The SMILES string of the molecule is CC(C)c1cc(NN)nc(-c2ccc(F)c(F)c2)n1. The highest BCUT2D eigenvalue weighted by molar-refractivity contribution is 5.57. The molecular formula is C13H14F2N4. The highest BCUT2D eigenvalue weighted by Gasteiger charge is 2.11. The Balaban J connectivity index is 2.54. The number of rotatable bonds is 3. The van der Waals surface area contributed by atoms with E-state index in [2.05, 4.69) is 15.4 Å². The van der Waals surface area contributed by atoms with E-state index >= 15 is 0 Å². The van der Waals surface area contributed by atoms with Crippen LogP contribution in [0.3, 0.4) is 0 Å². The van der Waals surface area contributed by atoms with Gasteiger partial charge < -0.3 is 5.43 Å². The Bertz CT molecular complexity index is 599. The lowest BCUT2D eigenvalue weighted by molar-refractivity contribution is 0.509. The molecule has 3 N–H and O–H groups in total. The van der Waals surface area contributed by atoms with Crippen LogP contribution in [0.15, 0.2) is 24.3 Å². The van der Waals surface area contributed by atoms with Gasteiger partial charge in [0, 0.05) is 17.3 Å². The van der Waals surface area contributed by atoms with Crippen LogP contribution in [0, 0.1) is 11.6 Å². The van der Waals surface area contributed by atoms with E-state index in [1.54, 1.807) is 6.07 Å². The molecule has 0 fully saturated rings. The van der Waals surface area contributed by atoms with Gasteiger partial charge in [0.1, 0.15) is 5.82 Å². The molecule has 2 aromatic rings. The zero-order valence-electron chi connectivity index (χ0n) is 10.6. The first-order valence-electron chi connectivity index (χ1n) is 5.82. The molecule has 0 bridgehead atoms. The molecule has 0 atom stereocenters. The van der Waals surface area contributed by atoms with E-state index in [0.717, 1.165) is 17.8 Å². The maximum atomic E-state index is 13.2. The third-order valence-corrected chi connectivity index (χ3v) is 2.66. The van der Waals surface area contributed by atoms with Gasteiger partial charge in [0.25, 0.3) is 0 Å². The van der Waals surface area contributed by atoms with Crippen molar-refractivity contribution in [3.63, 3.8) is 0 Å². The zero-order chi connectivity index (χ0) is 14.0. The van der Waals surface area contributed by atoms with E-state index in [9.17, 15) is 8.78 Å². The van der Waals surface area contributed by atoms with Crippen molar-refractivity contribution < 1.29 is 8.78 Å². The fourth-order valence-electron chi connectivity index (χ4n) is 1.60. The Morgan fingerprint density at radius 1 is 1.11 bits per heavy atom. The van der Waals surface area contributed by atoms with Crippen molar-refractivity contribution >= 4 is 5.82 Å². The Morgan fingerprint density at radius 3 is 2.42 bits per heavy atom. The number of nitrogens with two attached hydrogens (primary N) is 1. The minimum Gasteiger partial charge on any atom is -0.308 e. The molecule has 19 heavy (non-hydrogen) atoms. The molecule has 0 radical (unpaired) electrons. The second-order valence-corrected chi connectivity index (χ2v) is 4.43. The predicted molar refractivity (Wildman–Crippen MR) is 69.3 cm³/mol. The number of nitrogens with one attached hydrogen (secondary N) is 1. The van der Waals surface area contributed by atoms with Crippen LogP contribution in [0.25, 0.3) is 11.4 Å². The Morgan fingerprint density at radius 2 is 1.84 bits per heavy atom. The molecule has 0 saturated carbocycles. The standard InChI is InChI=1S/C13H14F2N4/c1-7(2)11-6-12(19-16)18-13(17-11)8-3-4-9(14)10(15)5-8/h3-7H,16H2,1-2H3,(H,17,18,19). The average molecular weight is 264 g/mol. The summed E-state index contributed by atoms with van der Waals surface area (Å²) in [5, 5.41) is 0. The van der Waals surface area contributed by atoms with Crippen LogP contribution in [-0.4, -0.2) is 9.97 Å². The van der Waals surface area contributed by atoms with Crippen LogP contribution < -0.4 is 11.3 Å². The van der Waals surface area contributed by atoms with Crippen LogP contribution in [0.2, 0.25) is 0 Å². The Hall–Kier alpha value is -2.08. The molecule has 1 aromatic heterocycles. The quantitative estimate of drug-likeness (QED) is 0.661. The van der Waals surface area contributed by atoms with Crippen LogP contribution in [-0.2, 0) is 0 Å². The molecule has 2 rings (SSSR count). The summed E-state index contributed by atoms with van der Waals surface area (Å²) >= 11 is 0. The van der Waals surface area contributed by atoms with Crippen molar-refractivity contribution in [2.24, 2.45) is 5.84 Å². The molecule has 0 spiro atoms. The molecule has 4 nitrogen and oxygen atoms in total. The average Bonchev–Trinajstić information content (AvgIpc) is 2.41. The largest absolute Gasteiger partial charge is 0.308 e. The Labute approximate surface area is 109 Å². The maximum Gasteiger partial charge on any atom is 0.161 e. The molecule has 0 saturated heterocycles. The van der Waals surface area contributed by atoms with E-state index in [1.165, 1.54) is 6.07 Å². The van der Waals surface area contributed by atoms with Crippen molar-refractivity contribution in [1.29, 1.82) is 0 Å². The number of benzene rings is 1. The summed E-state index contributed by atoms with van der Waals surface area (Å²) < 4.78 is 26.2. The molecule has 1 heterocycles. The third-order valence-electron chi connectivity index (χ3n) is 2.66. The normalized spacial score (nSPS) is 10.8. The molecule has 0 unspecified atom stereocenters. The maximum absolute atomic E-state index is 13.2. The first kappa shape index (κ1) is 13.4. The topological polar surface area (TPSA) is 63.8 Å². The molecule has 0 aliphatic heterocycles. The monoisotopic (exact) mass is 264 g/mol. The lowest BCUT2D eigenvalue weighted by Gasteiger charge is -2.10. The summed E-state index contributed by atoms with van der Waals surface area (Å²) in [5.41, 5.74) is 3.61. The lowest BCUT2D eigenvalue weighted by Crippen LogP contribution is -2.11. The van der Waals surface area contributed by atoms with Crippen LogP contribution in [0.5, 0.6) is 0 Å². The summed E-state index contributed by atoms with van der Waals surface area (Å²) in [6, 6.07) is 5.26. The highest BCUT2D eigenvalue weighted by Crippen LogP contribution is 2.22. The second kappa shape index (κ2) is 5.27. The van der Waals surface area contributed by atoms with E-state index in [4.69, 9.17) is 5.84 Å². The summed E-state index contributed by atoms with van der Waals surface area (Å²) in [4.78, 5) is 8.47. The molecule has 1 aromatic carbocycles. The summed E-state index contributed by atoms with van der Waals surface area (Å²) in [6.07, 6.45) is 0. The van der Waals surface area contributed by atoms with Crippen molar-refractivity contribution in [1.82, 2.24) is 9.97 Å². The van der Waals surface area contributed by atoms with Crippen LogP contribution in [0.1, 0.15) is 25.5 Å². The second-order valence-electron chi connectivity index (χ2n) is 4.43. The number of hydrogen-bond donors (Lipinski definition) is 2. The minimum absolute atomic E-state index is 0.166. The molecule has 0 aliphatic rings. The van der Waals surface area contributed by atoms with E-state index in [-0.39, 0.29) is 5.92 Å².